The van der Waals surface area contributed by atoms with Crippen molar-refractivity contribution in [2.45, 2.75) is 0 Å². The number of nitrogens with one attached hydrogen (secondary N) is 1. The van der Waals surface area contributed by atoms with Crippen LogP contribution in [0.15, 0.2) is 31.3 Å². The van der Waals surface area contributed by atoms with Gasteiger partial charge < -0.3 is 10.5 Å². The van der Waals surface area contributed by atoms with E-state index in [4.69, 9.17) is 10.5 Å². The van der Waals surface area contributed by atoms with Gasteiger partial charge in [-0.25, -0.2) is 15.5 Å². The van der Waals surface area contributed by atoms with Crippen LogP contribution in [0.4, 0.5) is 0 Å². The predicted octanol–water partition coefficient (Wildman–Crippen LogP) is 1.65. The molecule has 0 aliphatic rings. The van der Waals surface area contributed by atoms with Crippen molar-refractivity contribution in [3.63, 3.8) is 0 Å². The first-order chi connectivity index (χ1) is 8.93. The molecule has 1 aromatic rings. The fourth-order valence-corrected chi connectivity index (χ4v) is 2.59. The molecule has 0 saturated heterocycles. The normalized spacial score (nSPS) is 11.6. The van der Waals surface area contributed by atoms with Crippen molar-refractivity contribution in [2.75, 3.05) is 7.11 Å². The molecule has 0 aliphatic carbocycles. The molecule has 0 bridgehead atoms. The van der Waals surface area contributed by atoms with Gasteiger partial charge in [-0.05, 0) is 28.1 Å². The predicted molar refractivity (Wildman–Crippen MR) is 77.7 cm³/mol. The molecule has 0 amide bonds. The fraction of sp³-hybridized carbons (Fsp3) is 0.111. The number of rotatable bonds is 4. The maximum absolute atomic E-state index is 10.0. The Labute approximate surface area is 125 Å². The van der Waals surface area contributed by atoms with Gasteiger partial charge in [0.25, 0.3) is 5.96 Å². The largest absolute Gasteiger partial charge is 0.495 e. The Kier molecular flexibility index (Phi) is 5.70. The van der Waals surface area contributed by atoms with Crippen LogP contribution in [0.2, 0.25) is 0 Å². The summed E-state index contributed by atoms with van der Waals surface area (Å²) in [7, 11) is 1.52. The molecule has 0 atom stereocenters. The van der Waals surface area contributed by atoms with Gasteiger partial charge in [0.15, 0.2) is 5.03 Å². The molecule has 0 radical (unpaired) electrons. The van der Waals surface area contributed by atoms with Gasteiger partial charge in [-0.2, -0.15) is 5.10 Å². The smallest absolute Gasteiger partial charge is 0.286 e. The lowest BCUT2D eigenvalue weighted by atomic mass is 10.2. The monoisotopic (exact) mass is 393 g/mol. The zero-order chi connectivity index (χ0) is 14.4. The summed E-state index contributed by atoms with van der Waals surface area (Å²) >= 11 is 6.66. The number of nitrogens with zero attached hydrogens (tertiary/aromatic N) is 3. The Balaban J connectivity index is 2.90. The van der Waals surface area contributed by atoms with Gasteiger partial charge in [-0.1, -0.05) is 15.9 Å². The van der Waals surface area contributed by atoms with Crippen molar-refractivity contribution in [1.82, 2.24) is 5.43 Å². The Morgan fingerprint density at radius 1 is 1.58 bits per heavy atom. The van der Waals surface area contributed by atoms with Gasteiger partial charge in [0, 0.05) is 10.0 Å². The van der Waals surface area contributed by atoms with E-state index < -0.39 is 11.0 Å². The maximum Gasteiger partial charge on any atom is 0.286 e. The zero-order valence-electron chi connectivity index (χ0n) is 9.63. The summed E-state index contributed by atoms with van der Waals surface area (Å²) in [5, 5.41) is 15.7. The number of nitrogens with two attached hydrogens (primary N) is 1. The van der Waals surface area contributed by atoms with Crippen LogP contribution in [-0.2, 0) is 0 Å². The summed E-state index contributed by atoms with van der Waals surface area (Å²) in [6, 6.07) is 3.57. The molecule has 0 aliphatic heterocycles. The van der Waals surface area contributed by atoms with Crippen LogP contribution in [-0.4, -0.2) is 24.3 Å². The second kappa shape index (κ2) is 7.04. The number of hydrazone groups is 2. The van der Waals surface area contributed by atoms with Crippen LogP contribution in [0.5, 0.6) is 5.75 Å². The number of benzene rings is 1. The van der Waals surface area contributed by atoms with Crippen molar-refractivity contribution in [3.05, 3.63) is 36.8 Å². The van der Waals surface area contributed by atoms with Crippen molar-refractivity contribution < 1.29 is 9.77 Å². The maximum atomic E-state index is 10.0. The second-order valence-electron chi connectivity index (χ2n) is 3.10. The molecule has 0 unspecified atom stereocenters. The molecule has 10 heteroatoms. The molecule has 102 valence electrons. The quantitative estimate of drug-likeness (QED) is 0.348. The summed E-state index contributed by atoms with van der Waals surface area (Å²) in [6.45, 7) is 0. The fourth-order valence-electron chi connectivity index (χ4n) is 1.17. The minimum Gasteiger partial charge on any atom is -0.495 e. The van der Waals surface area contributed by atoms with E-state index >= 15 is 0 Å². The highest BCUT2D eigenvalue weighted by Crippen LogP contribution is 2.31. The van der Waals surface area contributed by atoms with Crippen molar-refractivity contribution in [3.8, 4) is 5.75 Å². The van der Waals surface area contributed by atoms with E-state index in [9.17, 15) is 10.1 Å². The van der Waals surface area contributed by atoms with E-state index in [-0.39, 0.29) is 0 Å². The highest BCUT2D eigenvalue weighted by atomic mass is 79.9. The third-order valence-electron chi connectivity index (χ3n) is 1.81. The first kappa shape index (κ1) is 15.4. The third kappa shape index (κ3) is 4.83. The summed E-state index contributed by atoms with van der Waals surface area (Å²) in [6.07, 6.45) is 1.40. The van der Waals surface area contributed by atoms with E-state index in [0.717, 1.165) is 8.95 Å². The van der Waals surface area contributed by atoms with Crippen LogP contribution >= 0.6 is 31.9 Å². The molecule has 3 N–H and O–H groups in total. The van der Waals surface area contributed by atoms with Crippen LogP contribution in [0.3, 0.4) is 0 Å². The molecule has 19 heavy (non-hydrogen) atoms. The molecule has 0 saturated carbocycles. The Hall–Kier alpha value is -1.68. The first-order valence-corrected chi connectivity index (χ1v) is 6.33. The van der Waals surface area contributed by atoms with E-state index in [1.54, 1.807) is 6.07 Å². The summed E-state index contributed by atoms with van der Waals surface area (Å²) in [5.41, 5.74) is 8.07. The Bertz CT molecular complexity index is 547. The highest BCUT2D eigenvalue weighted by molar-refractivity contribution is 9.11. The topological polar surface area (TPSA) is 115 Å². The lowest BCUT2D eigenvalue weighted by Gasteiger charge is -2.07. The Morgan fingerprint density at radius 3 is 2.84 bits per heavy atom. The molecule has 8 nitrogen and oxygen atoms in total. The summed E-state index contributed by atoms with van der Waals surface area (Å²) in [4.78, 5) is 10.0. The molecular formula is C9H9Br2N5O3. The zero-order valence-corrected chi connectivity index (χ0v) is 12.8. The van der Waals surface area contributed by atoms with E-state index in [1.807, 2.05) is 6.07 Å². The minimum absolute atomic E-state index is 0.422. The average Bonchev–Trinajstić information content (AvgIpc) is 2.27. The summed E-state index contributed by atoms with van der Waals surface area (Å²) in [5.74, 6) is 0.146. The first-order valence-electron chi connectivity index (χ1n) is 4.74. The summed E-state index contributed by atoms with van der Waals surface area (Å²) < 4.78 is 6.74. The van der Waals surface area contributed by atoms with Crippen LogP contribution < -0.4 is 15.9 Å². The number of nitro groups is 1. The number of methoxy groups -OCH3 is 1. The van der Waals surface area contributed by atoms with Gasteiger partial charge in [-0.3, -0.25) is 0 Å². The third-order valence-corrected chi connectivity index (χ3v) is 2.86. The second-order valence-corrected chi connectivity index (χ2v) is 4.87. The van der Waals surface area contributed by atoms with Crippen molar-refractivity contribution >= 4 is 44.0 Å². The van der Waals surface area contributed by atoms with Gasteiger partial charge in [0.1, 0.15) is 10.9 Å². The lowest BCUT2D eigenvalue weighted by Crippen LogP contribution is -2.28. The molecule has 0 aromatic heterocycles. The van der Waals surface area contributed by atoms with Crippen molar-refractivity contribution in [1.29, 1.82) is 0 Å². The molecule has 1 rings (SSSR count). The van der Waals surface area contributed by atoms with Gasteiger partial charge in [0.05, 0.1) is 17.8 Å². The highest BCUT2D eigenvalue weighted by Gasteiger charge is 2.07. The number of hydrogen-bond donors (Lipinski definition) is 2. The Morgan fingerprint density at radius 2 is 2.26 bits per heavy atom. The van der Waals surface area contributed by atoms with Crippen molar-refractivity contribution in [2.24, 2.45) is 15.9 Å². The average molecular weight is 395 g/mol. The van der Waals surface area contributed by atoms with Gasteiger partial charge in [-0.15, -0.1) is 0 Å². The van der Waals surface area contributed by atoms with Crippen LogP contribution in [0.25, 0.3) is 0 Å². The van der Waals surface area contributed by atoms with E-state index in [2.05, 4.69) is 47.5 Å². The number of halogens is 2. The molecular weight excluding hydrogens is 386 g/mol. The SMILES string of the molecule is COc1c(Br)cc(Br)cc1/C=N\N/C(N)=N/[N+](=O)[O-]. The number of guanidine groups is 1. The van der Waals surface area contributed by atoms with Gasteiger partial charge >= 0.3 is 0 Å². The van der Waals surface area contributed by atoms with E-state index in [1.165, 1.54) is 13.3 Å². The molecule has 1 aromatic carbocycles. The molecule has 0 spiro atoms. The number of hydrogen-bond acceptors (Lipinski definition) is 4. The number of ether oxygens (including phenoxy) is 1. The minimum atomic E-state index is -0.922. The van der Waals surface area contributed by atoms with Gasteiger partial charge in [0.2, 0.25) is 0 Å². The standard InChI is InChI=1S/C9H9Br2N5O3/c1-19-8-5(2-6(10)3-7(8)11)4-13-14-9(12)15-16(17)18/h2-4H,1H3,(H3,12,14,15)/b13-4-. The molecule has 0 heterocycles. The van der Waals surface area contributed by atoms with E-state index in [0.29, 0.717) is 11.3 Å². The van der Waals surface area contributed by atoms with Crippen LogP contribution in [0, 0.1) is 10.1 Å². The van der Waals surface area contributed by atoms with Crippen LogP contribution in [0.1, 0.15) is 5.56 Å². The lowest BCUT2D eigenvalue weighted by molar-refractivity contribution is -0.485. The molecule has 0 fully saturated rings.